The van der Waals surface area contributed by atoms with Crippen molar-refractivity contribution in [2.75, 3.05) is 13.7 Å². The van der Waals surface area contributed by atoms with Gasteiger partial charge in [0.2, 0.25) is 0 Å². The fourth-order valence-electron chi connectivity index (χ4n) is 1.96. The summed E-state index contributed by atoms with van der Waals surface area (Å²) in [6.45, 7) is 1.33. The molecule has 0 saturated heterocycles. The van der Waals surface area contributed by atoms with E-state index in [4.69, 9.17) is 14.7 Å². The molecule has 0 aliphatic heterocycles. The Hall–Kier alpha value is -3.40. The highest BCUT2D eigenvalue weighted by atomic mass is 19.1. The van der Waals surface area contributed by atoms with Gasteiger partial charge in [-0.15, -0.1) is 0 Å². The van der Waals surface area contributed by atoms with Crippen LogP contribution in [0.4, 0.5) is 4.39 Å². The van der Waals surface area contributed by atoms with E-state index in [1.165, 1.54) is 19.2 Å². The third kappa shape index (κ3) is 4.78. The minimum atomic E-state index is -0.516. The molecular weight excluding hydrogens is 325 g/mol. The summed E-state index contributed by atoms with van der Waals surface area (Å²) in [5, 5.41) is 12.9. The molecule has 6 nitrogen and oxygen atoms in total. The lowest BCUT2D eigenvalue weighted by Crippen LogP contribution is -2.25. The number of para-hydroxylation sites is 1. The quantitative estimate of drug-likeness (QED) is 0.647. The van der Waals surface area contributed by atoms with Gasteiger partial charge in [-0.3, -0.25) is 4.79 Å². The SMILES string of the molecule is COc1ccc(/C(C)=N\NC(=O)COc2ccccc2C#N)cc1F. The summed E-state index contributed by atoms with van der Waals surface area (Å²) >= 11 is 0. The summed E-state index contributed by atoms with van der Waals surface area (Å²) in [5.74, 6) is -0.568. The molecule has 0 unspecified atom stereocenters. The largest absolute Gasteiger partial charge is 0.494 e. The van der Waals surface area contributed by atoms with Crippen LogP contribution in [0.25, 0.3) is 0 Å². The van der Waals surface area contributed by atoms with E-state index in [2.05, 4.69) is 10.5 Å². The molecule has 0 atom stereocenters. The monoisotopic (exact) mass is 341 g/mol. The van der Waals surface area contributed by atoms with E-state index in [0.29, 0.717) is 22.6 Å². The second-order valence-corrected chi connectivity index (χ2v) is 4.98. The first kappa shape index (κ1) is 17.9. The molecule has 25 heavy (non-hydrogen) atoms. The second-order valence-electron chi connectivity index (χ2n) is 4.98. The third-order valence-electron chi connectivity index (χ3n) is 3.28. The molecule has 0 radical (unpaired) electrons. The molecule has 7 heteroatoms. The van der Waals surface area contributed by atoms with Gasteiger partial charge in [0.1, 0.15) is 11.8 Å². The van der Waals surface area contributed by atoms with Crippen molar-refractivity contribution in [3.05, 3.63) is 59.4 Å². The number of hydrogen-bond acceptors (Lipinski definition) is 5. The molecule has 2 aromatic carbocycles. The number of rotatable bonds is 6. The first-order chi connectivity index (χ1) is 12.0. The summed E-state index contributed by atoms with van der Waals surface area (Å²) in [5.41, 5.74) is 3.59. The second kappa shape index (κ2) is 8.45. The minimum absolute atomic E-state index is 0.130. The average molecular weight is 341 g/mol. The number of hydrogen-bond donors (Lipinski definition) is 1. The van der Waals surface area contributed by atoms with Crippen molar-refractivity contribution >= 4 is 11.6 Å². The van der Waals surface area contributed by atoms with E-state index >= 15 is 0 Å². The molecule has 0 aliphatic rings. The van der Waals surface area contributed by atoms with Crippen LogP contribution >= 0.6 is 0 Å². The molecule has 0 aromatic heterocycles. The first-order valence-corrected chi connectivity index (χ1v) is 7.34. The standard InChI is InChI=1S/C18H16FN3O3/c1-12(13-7-8-17(24-2)15(19)9-13)21-22-18(23)11-25-16-6-4-3-5-14(16)10-20/h3-9H,11H2,1-2H3,(H,22,23)/b21-12-. The molecule has 128 valence electrons. The van der Waals surface area contributed by atoms with E-state index in [9.17, 15) is 9.18 Å². The smallest absolute Gasteiger partial charge is 0.277 e. The van der Waals surface area contributed by atoms with Crippen LogP contribution in [-0.4, -0.2) is 25.3 Å². The van der Waals surface area contributed by atoms with Crippen LogP contribution < -0.4 is 14.9 Å². The molecule has 0 saturated carbocycles. The fraction of sp³-hybridized carbons (Fsp3) is 0.167. The van der Waals surface area contributed by atoms with Crippen LogP contribution in [0.3, 0.4) is 0 Å². The highest BCUT2D eigenvalue weighted by Gasteiger charge is 2.08. The molecule has 0 spiro atoms. The molecule has 0 fully saturated rings. The Morgan fingerprint density at radius 2 is 2.04 bits per heavy atom. The normalized spacial score (nSPS) is 10.7. The van der Waals surface area contributed by atoms with E-state index in [-0.39, 0.29) is 12.4 Å². The van der Waals surface area contributed by atoms with Crippen LogP contribution in [0.1, 0.15) is 18.1 Å². The Labute approximate surface area is 144 Å². The number of nitrogens with zero attached hydrogens (tertiary/aromatic N) is 2. The van der Waals surface area contributed by atoms with E-state index in [1.807, 2.05) is 6.07 Å². The predicted molar refractivity (Wildman–Crippen MR) is 90.0 cm³/mol. The van der Waals surface area contributed by atoms with Gasteiger partial charge in [-0.25, -0.2) is 9.82 Å². The molecule has 2 aromatic rings. The van der Waals surface area contributed by atoms with Crippen molar-refractivity contribution in [1.29, 1.82) is 5.26 Å². The molecule has 0 bridgehead atoms. The van der Waals surface area contributed by atoms with Crippen LogP contribution in [0, 0.1) is 17.1 Å². The van der Waals surface area contributed by atoms with Crippen LogP contribution in [-0.2, 0) is 4.79 Å². The van der Waals surface area contributed by atoms with Gasteiger partial charge in [0.15, 0.2) is 18.2 Å². The number of ether oxygens (including phenoxy) is 2. The van der Waals surface area contributed by atoms with Gasteiger partial charge in [-0.1, -0.05) is 12.1 Å². The number of halogens is 1. The average Bonchev–Trinajstić information content (AvgIpc) is 2.64. The zero-order chi connectivity index (χ0) is 18.2. The van der Waals surface area contributed by atoms with Crippen molar-refractivity contribution in [3.8, 4) is 17.6 Å². The lowest BCUT2D eigenvalue weighted by atomic mass is 10.1. The van der Waals surface area contributed by atoms with Gasteiger partial charge < -0.3 is 9.47 Å². The molecule has 0 heterocycles. The van der Waals surface area contributed by atoms with Crippen molar-refractivity contribution in [3.63, 3.8) is 0 Å². The maximum absolute atomic E-state index is 13.7. The van der Waals surface area contributed by atoms with Gasteiger partial charge in [0.05, 0.1) is 18.4 Å². The minimum Gasteiger partial charge on any atom is -0.494 e. The molecule has 0 aliphatic carbocycles. The number of carbonyl (C=O) groups excluding carboxylic acids is 1. The van der Waals surface area contributed by atoms with E-state index in [0.717, 1.165) is 0 Å². The molecule has 2 rings (SSSR count). The number of amides is 1. The zero-order valence-corrected chi connectivity index (χ0v) is 13.7. The van der Waals surface area contributed by atoms with Gasteiger partial charge >= 0.3 is 0 Å². The summed E-state index contributed by atoms with van der Waals surface area (Å²) < 4.78 is 23.8. The maximum Gasteiger partial charge on any atom is 0.277 e. The Morgan fingerprint density at radius 1 is 1.28 bits per heavy atom. The van der Waals surface area contributed by atoms with Crippen molar-refractivity contribution in [2.24, 2.45) is 5.10 Å². The van der Waals surface area contributed by atoms with Gasteiger partial charge in [-0.05, 0) is 37.3 Å². The number of benzene rings is 2. The first-order valence-electron chi connectivity index (χ1n) is 7.34. The zero-order valence-electron chi connectivity index (χ0n) is 13.7. The highest BCUT2D eigenvalue weighted by molar-refractivity contribution is 5.99. The topological polar surface area (TPSA) is 83.7 Å². The summed E-state index contributed by atoms with van der Waals surface area (Å²) in [7, 11) is 1.38. The molecular formula is C18H16FN3O3. The Balaban J connectivity index is 1.95. The summed E-state index contributed by atoms with van der Waals surface area (Å²) in [6, 6.07) is 12.9. The van der Waals surface area contributed by atoms with Gasteiger partial charge in [0.25, 0.3) is 5.91 Å². The lowest BCUT2D eigenvalue weighted by molar-refractivity contribution is -0.123. The van der Waals surface area contributed by atoms with Gasteiger partial charge in [-0.2, -0.15) is 10.4 Å². The van der Waals surface area contributed by atoms with Crippen LogP contribution in [0.5, 0.6) is 11.5 Å². The van der Waals surface area contributed by atoms with Gasteiger partial charge in [0, 0.05) is 5.56 Å². The molecule has 1 N–H and O–H groups in total. The Morgan fingerprint density at radius 3 is 2.72 bits per heavy atom. The van der Waals surface area contributed by atoms with Crippen molar-refractivity contribution < 1.29 is 18.7 Å². The number of nitriles is 1. The van der Waals surface area contributed by atoms with Crippen molar-refractivity contribution in [2.45, 2.75) is 6.92 Å². The lowest BCUT2D eigenvalue weighted by Gasteiger charge is -2.07. The number of carbonyl (C=O) groups is 1. The maximum atomic E-state index is 13.7. The third-order valence-corrected chi connectivity index (χ3v) is 3.28. The summed E-state index contributed by atoms with van der Waals surface area (Å²) in [4.78, 5) is 11.8. The molecule has 1 amide bonds. The fourth-order valence-corrected chi connectivity index (χ4v) is 1.96. The number of nitrogens with one attached hydrogen (secondary N) is 1. The predicted octanol–water partition coefficient (Wildman–Crippen LogP) is 2.63. The van der Waals surface area contributed by atoms with Crippen LogP contribution in [0.15, 0.2) is 47.6 Å². The highest BCUT2D eigenvalue weighted by Crippen LogP contribution is 2.18. The Kier molecular flexibility index (Phi) is 6.07. The number of methoxy groups -OCH3 is 1. The van der Waals surface area contributed by atoms with E-state index in [1.54, 1.807) is 37.3 Å². The van der Waals surface area contributed by atoms with E-state index < -0.39 is 11.7 Å². The van der Waals surface area contributed by atoms with Crippen LogP contribution in [0.2, 0.25) is 0 Å². The number of hydrazone groups is 1. The summed E-state index contributed by atoms with van der Waals surface area (Å²) in [6.07, 6.45) is 0. The van der Waals surface area contributed by atoms with Crippen molar-refractivity contribution in [1.82, 2.24) is 5.43 Å². The Bertz CT molecular complexity index is 844.